The van der Waals surface area contributed by atoms with Crippen LogP contribution < -0.4 is 4.74 Å². The molecule has 4 rings (SSSR count). The molecule has 3 heterocycles. The van der Waals surface area contributed by atoms with E-state index < -0.39 is 0 Å². The molecule has 0 saturated heterocycles. The molecular weight excluding hydrogens is 302 g/mol. The predicted molar refractivity (Wildman–Crippen MR) is 91.6 cm³/mol. The predicted octanol–water partition coefficient (Wildman–Crippen LogP) is 3.29. The molecule has 0 aliphatic heterocycles. The maximum absolute atomic E-state index is 5.90. The molecule has 1 N–H and O–H groups in total. The van der Waals surface area contributed by atoms with Gasteiger partial charge >= 0.3 is 0 Å². The van der Waals surface area contributed by atoms with Crippen molar-refractivity contribution in [1.29, 1.82) is 0 Å². The Morgan fingerprint density at radius 3 is 2.92 bits per heavy atom. The number of pyridine rings is 1. The minimum absolute atomic E-state index is 0.0217. The molecule has 120 valence electrons. The van der Waals surface area contributed by atoms with E-state index in [1.165, 1.54) is 0 Å². The molecule has 24 heavy (non-hydrogen) atoms. The number of para-hydroxylation sites is 2. The molecule has 0 unspecified atom stereocenters. The lowest BCUT2D eigenvalue weighted by Crippen LogP contribution is -2.20. The van der Waals surface area contributed by atoms with Crippen molar-refractivity contribution in [2.24, 2.45) is 0 Å². The number of ether oxygens (including phenoxy) is 1. The van der Waals surface area contributed by atoms with E-state index in [4.69, 9.17) is 4.74 Å². The zero-order valence-corrected chi connectivity index (χ0v) is 13.3. The highest BCUT2D eigenvalue weighted by atomic mass is 16.5. The first kappa shape index (κ1) is 14.4. The SMILES string of the molecule is C[C@H](Cn1ccnc1-c1nc2ccccc2[nH]1)Oc1cccnc1. The number of fused-ring (bicyclic) bond motifs is 1. The van der Waals surface area contributed by atoms with E-state index in [1.807, 2.05) is 54.1 Å². The van der Waals surface area contributed by atoms with Gasteiger partial charge in [-0.2, -0.15) is 0 Å². The Morgan fingerprint density at radius 1 is 1.17 bits per heavy atom. The van der Waals surface area contributed by atoms with Crippen molar-refractivity contribution in [2.75, 3.05) is 0 Å². The maximum atomic E-state index is 5.90. The van der Waals surface area contributed by atoms with E-state index in [0.29, 0.717) is 6.54 Å². The zero-order chi connectivity index (χ0) is 16.4. The standard InChI is InChI=1S/C18H17N5O/c1-13(24-14-5-4-8-19-11-14)12-23-10-9-20-18(23)17-21-15-6-2-3-7-16(15)22-17/h2-11,13H,12H2,1H3,(H,21,22)/t13-/m1/s1. The van der Waals surface area contributed by atoms with Crippen LogP contribution in [0.25, 0.3) is 22.7 Å². The van der Waals surface area contributed by atoms with Crippen LogP contribution in [-0.4, -0.2) is 30.6 Å². The Bertz CT molecular complexity index is 911. The lowest BCUT2D eigenvalue weighted by molar-refractivity contribution is 0.199. The van der Waals surface area contributed by atoms with E-state index in [0.717, 1.165) is 28.4 Å². The highest BCUT2D eigenvalue weighted by Crippen LogP contribution is 2.20. The second-order valence-corrected chi connectivity index (χ2v) is 5.62. The first-order valence-corrected chi connectivity index (χ1v) is 7.82. The minimum Gasteiger partial charge on any atom is -0.487 e. The molecular formula is C18H17N5O. The number of nitrogens with one attached hydrogen (secondary N) is 1. The van der Waals surface area contributed by atoms with Gasteiger partial charge in [0, 0.05) is 18.6 Å². The molecule has 6 heteroatoms. The van der Waals surface area contributed by atoms with Gasteiger partial charge in [0.05, 0.1) is 23.8 Å². The summed E-state index contributed by atoms with van der Waals surface area (Å²) in [5, 5.41) is 0. The van der Waals surface area contributed by atoms with Crippen LogP contribution in [0.5, 0.6) is 5.75 Å². The average molecular weight is 319 g/mol. The summed E-state index contributed by atoms with van der Waals surface area (Å²) in [6.45, 7) is 2.69. The summed E-state index contributed by atoms with van der Waals surface area (Å²) in [7, 11) is 0. The van der Waals surface area contributed by atoms with Crippen molar-refractivity contribution >= 4 is 11.0 Å². The highest BCUT2D eigenvalue weighted by Gasteiger charge is 2.13. The monoisotopic (exact) mass is 319 g/mol. The number of imidazole rings is 2. The van der Waals surface area contributed by atoms with Gasteiger partial charge in [-0.15, -0.1) is 0 Å². The summed E-state index contributed by atoms with van der Waals surface area (Å²) >= 11 is 0. The van der Waals surface area contributed by atoms with Gasteiger partial charge in [0.1, 0.15) is 11.9 Å². The fraction of sp³-hybridized carbons (Fsp3) is 0.167. The average Bonchev–Trinajstić information content (AvgIpc) is 3.21. The zero-order valence-electron chi connectivity index (χ0n) is 13.3. The number of rotatable bonds is 5. The normalized spacial score (nSPS) is 12.4. The second-order valence-electron chi connectivity index (χ2n) is 5.62. The molecule has 1 aromatic carbocycles. The third kappa shape index (κ3) is 2.86. The second kappa shape index (κ2) is 6.16. The topological polar surface area (TPSA) is 68.6 Å². The smallest absolute Gasteiger partial charge is 0.176 e. The van der Waals surface area contributed by atoms with E-state index in [-0.39, 0.29) is 6.10 Å². The van der Waals surface area contributed by atoms with Gasteiger partial charge < -0.3 is 14.3 Å². The number of H-pyrrole nitrogens is 1. The van der Waals surface area contributed by atoms with E-state index in [9.17, 15) is 0 Å². The maximum Gasteiger partial charge on any atom is 0.176 e. The summed E-state index contributed by atoms with van der Waals surface area (Å²) < 4.78 is 7.94. The van der Waals surface area contributed by atoms with Crippen LogP contribution in [0.2, 0.25) is 0 Å². The van der Waals surface area contributed by atoms with Gasteiger partial charge in [0.2, 0.25) is 0 Å². The third-order valence-corrected chi connectivity index (χ3v) is 3.74. The van der Waals surface area contributed by atoms with Gasteiger partial charge in [-0.1, -0.05) is 12.1 Å². The Labute approximate surface area is 139 Å². The summed E-state index contributed by atoms with van der Waals surface area (Å²) in [5.74, 6) is 2.32. The molecule has 1 atom stereocenters. The van der Waals surface area contributed by atoms with Crippen LogP contribution in [0.3, 0.4) is 0 Å². The number of hydrogen-bond acceptors (Lipinski definition) is 4. The van der Waals surface area contributed by atoms with Crippen LogP contribution in [0.1, 0.15) is 6.92 Å². The van der Waals surface area contributed by atoms with Crippen molar-refractivity contribution in [3.05, 3.63) is 61.2 Å². The summed E-state index contributed by atoms with van der Waals surface area (Å²) in [6, 6.07) is 11.7. The number of aromatic nitrogens is 5. The molecule has 4 aromatic rings. The van der Waals surface area contributed by atoms with E-state index >= 15 is 0 Å². The van der Waals surface area contributed by atoms with Crippen LogP contribution in [0, 0.1) is 0 Å². The van der Waals surface area contributed by atoms with Crippen molar-refractivity contribution < 1.29 is 4.74 Å². The summed E-state index contributed by atoms with van der Waals surface area (Å²) in [5.41, 5.74) is 1.93. The molecule has 0 radical (unpaired) electrons. The summed E-state index contributed by atoms with van der Waals surface area (Å²) in [6.07, 6.45) is 7.13. The molecule has 0 fully saturated rings. The fourth-order valence-electron chi connectivity index (χ4n) is 2.70. The van der Waals surface area contributed by atoms with Gasteiger partial charge in [-0.25, -0.2) is 9.97 Å². The van der Waals surface area contributed by atoms with Gasteiger partial charge in [-0.3, -0.25) is 4.98 Å². The van der Waals surface area contributed by atoms with Gasteiger partial charge in [0.15, 0.2) is 11.6 Å². The Morgan fingerprint density at radius 2 is 2.08 bits per heavy atom. The molecule has 0 saturated carbocycles. The molecule has 6 nitrogen and oxygen atoms in total. The highest BCUT2D eigenvalue weighted by molar-refractivity contribution is 5.78. The first-order valence-electron chi connectivity index (χ1n) is 7.82. The minimum atomic E-state index is -0.0217. The first-order chi connectivity index (χ1) is 11.8. The largest absolute Gasteiger partial charge is 0.487 e. The molecule has 0 aliphatic rings. The van der Waals surface area contributed by atoms with Crippen molar-refractivity contribution in [1.82, 2.24) is 24.5 Å². The Balaban J connectivity index is 1.56. The lowest BCUT2D eigenvalue weighted by atomic mass is 10.3. The number of nitrogens with zero attached hydrogens (tertiary/aromatic N) is 4. The van der Waals surface area contributed by atoms with Crippen LogP contribution in [0.4, 0.5) is 0 Å². The number of benzene rings is 1. The van der Waals surface area contributed by atoms with E-state index in [1.54, 1.807) is 18.6 Å². The van der Waals surface area contributed by atoms with Crippen LogP contribution in [0.15, 0.2) is 61.2 Å². The fourth-order valence-corrected chi connectivity index (χ4v) is 2.70. The molecule has 0 amide bonds. The number of hydrogen-bond donors (Lipinski definition) is 1. The molecule has 0 bridgehead atoms. The van der Waals surface area contributed by atoms with Gasteiger partial charge in [0.25, 0.3) is 0 Å². The quantitative estimate of drug-likeness (QED) is 0.613. The third-order valence-electron chi connectivity index (χ3n) is 3.74. The lowest BCUT2D eigenvalue weighted by Gasteiger charge is -2.16. The molecule has 0 spiro atoms. The van der Waals surface area contributed by atoms with Crippen molar-refractivity contribution in [3.63, 3.8) is 0 Å². The molecule has 3 aromatic heterocycles. The van der Waals surface area contributed by atoms with Gasteiger partial charge in [-0.05, 0) is 31.2 Å². The molecule has 0 aliphatic carbocycles. The van der Waals surface area contributed by atoms with Crippen LogP contribution in [-0.2, 0) is 6.54 Å². The van der Waals surface area contributed by atoms with Crippen molar-refractivity contribution in [3.8, 4) is 17.4 Å². The van der Waals surface area contributed by atoms with Crippen LogP contribution >= 0.6 is 0 Å². The Hall–Kier alpha value is -3.15. The Kier molecular flexibility index (Phi) is 3.70. The van der Waals surface area contributed by atoms with E-state index in [2.05, 4.69) is 19.9 Å². The number of aromatic amines is 1. The summed E-state index contributed by atoms with van der Waals surface area (Å²) in [4.78, 5) is 16.4. The van der Waals surface area contributed by atoms with Crippen molar-refractivity contribution in [2.45, 2.75) is 19.6 Å².